The molecule has 0 aromatic heterocycles. The first-order chi connectivity index (χ1) is 7.22. The number of hydrogen-bond donors (Lipinski definition) is 3. The molecule has 0 aliphatic carbocycles. The number of rotatable bonds is 4. The van der Waals surface area contributed by atoms with Gasteiger partial charge in [0.2, 0.25) is 0 Å². The smallest absolute Gasteiger partial charge is 0.289 e. The Morgan fingerprint density at radius 3 is 2.56 bits per heavy atom. The second-order valence-electron chi connectivity index (χ2n) is 5.25. The Morgan fingerprint density at radius 2 is 2.06 bits per heavy atom. The molecule has 1 atom stereocenters. The van der Waals surface area contributed by atoms with Crippen LogP contribution in [-0.2, 0) is 0 Å². The Hall–Kier alpha value is -0.260. The molecule has 1 aliphatic rings. The van der Waals surface area contributed by atoms with E-state index in [2.05, 4.69) is 10.6 Å². The van der Waals surface area contributed by atoms with E-state index in [1.165, 1.54) is 0 Å². The zero-order valence-corrected chi connectivity index (χ0v) is 10.2. The van der Waals surface area contributed by atoms with Crippen LogP contribution in [0, 0.1) is 0 Å². The molecule has 0 amide bonds. The van der Waals surface area contributed by atoms with Crippen molar-refractivity contribution in [3.63, 3.8) is 0 Å². The van der Waals surface area contributed by atoms with Crippen LogP contribution in [0.1, 0.15) is 33.6 Å². The normalized spacial score (nSPS) is 30.4. The number of hydrogen-bond acceptors (Lipinski definition) is 3. The van der Waals surface area contributed by atoms with E-state index in [4.69, 9.17) is 0 Å². The summed E-state index contributed by atoms with van der Waals surface area (Å²) in [4.78, 5) is 0. The zero-order valence-electron chi connectivity index (χ0n) is 10.2. The molecule has 1 heterocycles. The summed E-state index contributed by atoms with van der Waals surface area (Å²) in [7, 11) is 0. The van der Waals surface area contributed by atoms with Crippen molar-refractivity contribution in [1.82, 2.24) is 10.6 Å². The van der Waals surface area contributed by atoms with Crippen LogP contribution in [0.2, 0.25) is 0 Å². The van der Waals surface area contributed by atoms with Gasteiger partial charge < -0.3 is 15.7 Å². The van der Waals surface area contributed by atoms with Crippen LogP contribution >= 0.6 is 0 Å². The van der Waals surface area contributed by atoms with Crippen LogP contribution in [0.15, 0.2) is 0 Å². The summed E-state index contributed by atoms with van der Waals surface area (Å²) in [6.45, 7) is 5.78. The summed E-state index contributed by atoms with van der Waals surface area (Å²) in [5, 5.41) is 15.6. The maximum Gasteiger partial charge on any atom is 0.289 e. The van der Waals surface area contributed by atoms with Crippen molar-refractivity contribution in [2.75, 3.05) is 19.6 Å². The highest BCUT2D eigenvalue weighted by Crippen LogP contribution is 2.33. The standard InChI is InChI=1S/C11H22F2N2O/c1-4-9(2,3)15-7-10(16)5-6-14-8-11(10,12)13/h14-16H,4-8H2,1-3H3. The molecular formula is C11H22F2N2O. The Kier molecular flexibility index (Phi) is 3.92. The molecule has 1 fully saturated rings. The van der Waals surface area contributed by atoms with E-state index in [0.29, 0.717) is 6.54 Å². The molecule has 3 nitrogen and oxygen atoms in total. The maximum atomic E-state index is 13.6. The van der Waals surface area contributed by atoms with Crippen molar-refractivity contribution < 1.29 is 13.9 Å². The maximum absolute atomic E-state index is 13.6. The number of aliphatic hydroxyl groups is 1. The van der Waals surface area contributed by atoms with Crippen molar-refractivity contribution in [2.24, 2.45) is 0 Å². The molecule has 1 rings (SSSR count). The van der Waals surface area contributed by atoms with Gasteiger partial charge in [-0.25, -0.2) is 8.78 Å². The van der Waals surface area contributed by atoms with Gasteiger partial charge in [0, 0.05) is 12.1 Å². The molecule has 5 heteroatoms. The second kappa shape index (κ2) is 4.55. The molecule has 16 heavy (non-hydrogen) atoms. The lowest BCUT2D eigenvalue weighted by Crippen LogP contribution is -2.64. The minimum Gasteiger partial charge on any atom is -0.382 e. The quantitative estimate of drug-likeness (QED) is 0.685. The molecule has 0 aromatic carbocycles. The Morgan fingerprint density at radius 1 is 1.44 bits per heavy atom. The van der Waals surface area contributed by atoms with Crippen molar-refractivity contribution >= 4 is 0 Å². The van der Waals surface area contributed by atoms with Crippen LogP contribution in [0.4, 0.5) is 8.78 Å². The third-order valence-electron chi connectivity index (χ3n) is 3.49. The van der Waals surface area contributed by atoms with Gasteiger partial charge in [0.15, 0.2) is 0 Å². The van der Waals surface area contributed by atoms with E-state index < -0.39 is 18.1 Å². The summed E-state index contributed by atoms with van der Waals surface area (Å²) in [6.07, 6.45) is 0.902. The number of halogens is 2. The van der Waals surface area contributed by atoms with Gasteiger partial charge in [-0.05, 0) is 33.2 Å². The summed E-state index contributed by atoms with van der Waals surface area (Å²) < 4.78 is 27.2. The molecule has 1 saturated heterocycles. The fraction of sp³-hybridized carbons (Fsp3) is 1.00. The van der Waals surface area contributed by atoms with Crippen molar-refractivity contribution in [2.45, 2.75) is 50.7 Å². The van der Waals surface area contributed by atoms with Gasteiger partial charge in [-0.2, -0.15) is 0 Å². The van der Waals surface area contributed by atoms with Crippen molar-refractivity contribution in [3.8, 4) is 0 Å². The SMILES string of the molecule is CCC(C)(C)NCC1(O)CCNCC1(F)F. The molecule has 0 aromatic rings. The van der Waals surface area contributed by atoms with Gasteiger partial charge in [0.05, 0.1) is 6.54 Å². The summed E-state index contributed by atoms with van der Waals surface area (Å²) in [5.74, 6) is -3.07. The lowest BCUT2D eigenvalue weighted by atomic mass is 9.87. The minimum atomic E-state index is -3.07. The van der Waals surface area contributed by atoms with Crippen LogP contribution < -0.4 is 10.6 Å². The monoisotopic (exact) mass is 236 g/mol. The molecule has 0 saturated carbocycles. The fourth-order valence-electron chi connectivity index (χ4n) is 1.62. The van der Waals surface area contributed by atoms with E-state index in [1.54, 1.807) is 0 Å². The van der Waals surface area contributed by atoms with Gasteiger partial charge in [-0.3, -0.25) is 0 Å². The predicted molar refractivity (Wildman–Crippen MR) is 59.8 cm³/mol. The molecular weight excluding hydrogens is 214 g/mol. The average Bonchev–Trinajstić information content (AvgIpc) is 2.20. The molecule has 1 aliphatic heterocycles. The number of β-amino-alcohol motifs (C(OH)–C–C–N with tert-alkyl or cyclic N) is 1. The summed E-state index contributed by atoms with van der Waals surface area (Å²) in [6, 6.07) is 0. The van der Waals surface area contributed by atoms with Crippen molar-refractivity contribution in [3.05, 3.63) is 0 Å². The summed E-state index contributed by atoms with van der Waals surface area (Å²) >= 11 is 0. The Balaban J connectivity index is 2.63. The molecule has 0 spiro atoms. The van der Waals surface area contributed by atoms with E-state index in [1.807, 2.05) is 20.8 Å². The third kappa shape index (κ3) is 2.90. The van der Waals surface area contributed by atoms with E-state index in [9.17, 15) is 13.9 Å². The summed E-state index contributed by atoms with van der Waals surface area (Å²) in [5.41, 5.74) is -2.15. The van der Waals surface area contributed by atoms with Crippen LogP contribution in [0.3, 0.4) is 0 Å². The highest BCUT2D eigenvalue weighted by molar-refractivity contribution is 5.01. The predicted octanol–water partition coefficient (Wildman–Crippen LogP) is 1.12. The Bertz CT molecular complexity index is 246. The lowest BCUT2D eigenvalue weighted by Gasteiger charge is -2.42. The van der Waals surface area contributed by atoms with Crippen LogP contribution in [-0.4, -0.2) is 41.8 Å². The number of alkyl halides is 2. The highest BCUT2D eigenvalue weighted by Gasteiger charge is 2.53. The molecule has 0 bridgehead atoms. The molecule has 1 unspecified atom stereocenters. The average molecular weight is 236 g/mol. The van der Waals surface area contributed by atoms with E-state index in [0.717, 1.165) is 6.42 Å². The topological polar surface area (TPSA) is 44.3 Å². The van der Waals surface area contributed by atoms with Gasteiger partial charge in [-0.15, -0.1) is 0 Å². The first-order valence-corrected chi connectivity index (χ1v) is 5.78. The van der Waals surface area contributed by atoms with Crippen LogP contribution in [0.25, 0.3) is 0 Å². The Labute approximate surface area is 95.6 Å². The van der Waals surface area contributed by atoms with Gasteiger partial charge in [0.25, 0.3) is 5.92 Å². The van der Waals surface area contributed by atoms with Crippen molar-refractivity contribution in [1.29, 1.82) is 0 Å². The van der Waals surface area contributed by atoms with Gasteiger partial charge in [-0.1, -0.05) is 6.92 Å². The molecule has 96 valence electrons. The molecule has 0 radical (unpaired) electrons. The lowest BCUT2D eigenvalue weighted by molar-refractivity contribution is -0.192. The molecule has 3 N–H and O–H groups in total. The number of nitrogens with one attached hydrogen (secondary N) is 2. The fourth-order valence-corrected chi connectivity index (χ4v) is 1.62. The number of piperidine rings is 1. The van der Waals surface area contributed by atoms with Crippen LogP contribution in [0.5, 0.6) is 0 Å². The largest absolute Gasteiger partial charge is 0.382 e. The van der Waals surface area contributed by atoms with E-state index in [-0.39, 0.29) is 18.5 Å². The second-order valence-corrected chi connectivity index (χ2v) is 5.25. The zero-order chi connectivity index (χ0) is 12.4. The van der Waals surface area contributed by atoms with Gasteiger partial charge in [0.1, 0.15) is 5.60 Å². The van der Waals surface area contributed by atoms with E-state index >= 15 is 0 Å². The first-order valence-electron chi connectivity index (χ1n) is 5.78. The third-order valence-corrected chi connectivity index (χ3v) is 3.49. The highest BCUT2D eigenvalue weighted by atomic mass is 19.3. The minimum absolute atomic E-state index is 0.0669. The van der Waals surface area contributed by atoms with Gasteiger partial charge >= 0.3 is 0 Å². The first kappa shape index (κ1) is 13.8.